The average molecular weight is 274 g/mol. The van der Waals surface area contributed by atoms with Crippen molar-refractivity contribution in [3.05, 3.63) is 29.8 Å². The molecule has 0 aliphatic heterocycles. The molecule has 1 N–H and O–H groups in total. The van der Waals surface area contributed by atoms with Gasteiger partial charge in [0, 0.05) is 6.61 Å². The van der Waals surface area contributed by atoms with E-state index in [0.29, 0.717) is 19.6 Å². The minimum absolute atomic E-state index is 0.254. The Kier molecular flexibility index (Phi) is 6.11. The summed E-state index contributed by atoms with van der Waals surface area (Å²) in [5.74, 6) is 0.558. The number of rotatable bonds is 8. The maximum atomic E-state index is 10.4. The highest BCUT2D eigenvalue weighted by molar-refractivity contribution is 7.85. The van der Waals surface area contributed by atoms with Gasteiger partial charge in [-0.2, -0.15) is 8.42 Å². The van der Waals surface area contributed by atoms with Crippen molar-refractivity contribution < 1.29 is 22.4 Å². The molecule has 0 fully saturated rings. The topological polar surface area (TPSA) is 72.8 Å². The number of hydrogen-bond donors (Lipinski definition) is 1. The van der Waals surface area contributed by atoms with Crippen LogP contribution in [-0.4, -0.2) is 39.0 Å². The first-order valence-corrected chi connectivity index (χ1v) is 7.28. The molecule has 18 heavy (non-hydrogen) atoms. The molecule has 0 aliphatic rings. The summed E-state index contributed by atoms with van der Waals surface area (Å²) in [5, 5.41) is 0. The summed E-state index contributed by atoms with van der Waals surface area (Å²) in [4.78, 5) is 0. The zero-order chi connectivity index (χ0) is 13.4. The highest BCUT2D eigenvalue weighted by Crippen LogP contribution is 2.11. The van der Waals surface area contributed by atoms with Gasteiger partial charge in [0.2, 0.25) is 0 Å². The van der Waals surface area contributed by atoms with Crippen LogP contribution < -0.4 is 4.74 Å². The number of ether oxygens (including phenoxy) is 2. The number of methoxy groups -OCH3 is 1. The highest BCUT2D eigenvalue weighted by Gasteiger charge is 2.03. The van der Waals surface area contributed by atoms with Crippen LogP contribution in [0, 0.1) is 0 Å². The van der Waals surface area contributed by atoms with E-state index in [9.17, 15) is 8.42 Å². The molecule has 0 amide bonds. The summed E-state index contributed by atoms with van der Waals surface area (Å²) in [5.41, 5.74) is 1.13. The van der Waals surface area contributed by atoms with E-state index in [-0.39, 0.29) is 5.75 Å². The van der Waals surface area contributed by atoms with Crippen molar-refractivity contribution in [2.24, 2.45) is 0 Å². The molecule has 0 radical (unpaired) electrons. The lowest BCUT2D eigenvalue weighted by molar-refractivity contribution is 0.138. The van der Waals surface area contributed by atoms with E-state index in [4.69, 9.17) is 14.0 Å². The van der Waals surface area contributed by atoms with E-state index in [0.717, 1.165) is 17.7 Å². The van der Waals surface area contributed by atoms with Crippen molar-refractivity contribution in [1.29, 1.82) is 0 Å². The van der Waals surface area contributed by atoms with Crippen molar-refractivity contribution in [3.63, 3.8) is 0 Å². The van der Waals surface area contributed by atoms with Gasteiger partial charge in [0.15, 0.2) is 0 Å². The average Bonchev–Trinajstić information content (AvgIpc) is 2.33. The maximum absolute atomic E-state index is 10.4. The zero-order valence-corrected chi connectivity index (χ0v) is 11.1. The van der Waals surface area contributed by atoms with E-state index in [1.165, 1.54) is 0 Å². The second-order valence-corrected chi connectivity index (χ2v) is 5.42. The molecule has 0 atom stereocenters. The second kappa shape index (κ2) is 7.35. The van der Waals surface area contributed by atoms with Crippen molar-refractivity contribution in [2.45, 2.75) is 12.8 Å². The molecule has 0 saturated carbocycles. The molecular weight excluding hydrogens is 256 g/mol. The van der Waals surface area contributed by atoms with Crippen LogP contribution >= 0.6 is 0 Å². The van der Waals surface area contributed by atoms with E-state index in [1.807, 2.05) is 24.3 Å². The Bertz CT molecular complexity index is 438. The smallest absolute Gasteiger partial charge is 0.264 e. The van der Waals surface area contributed by atoms with E-state index < -0.39 is 10.1 Å². The van der Waals surface area contributed by atoms with Crippen LogP contribution in [0.3, 0.4) is 0 Å². The minimum Gasteiger partial charge on any atom is -0.497 e. The minimum atomic E-state index is -3.87. The van der Waals surface area contributed by atoms with E-state index in [1.54, 1.807) is 7.11 Å². The van der Waals surface area contributed by atoms with Gasteiger partial charge in [-0.05, 0) is 30.5 Å². The summed E-state index contributed by atoms with van der Waals surface area (Å²) < 4.78 is 39.7. The predicted molar refractivity (Wildman–Crippen MR) is 68.5 cm³/mol. The van der Waals surface area contributed by atoms with Gasteiger partial charge in [-0.15, -0.1) is 0 Å². The molecule has 0 aromatic heterocycles. The monoisotopic (exact) mass is 274 g/mol. The molecule has 0 aliphatic carbocycles. The SMILES string of the molecule is COc1ccc(CCOCCCS(=O)(=O)O)cc1. The molecule has 5 nitrogen and oxygen atoms in total. The van der Waals surface area contributed by atoms with Gasteiger partial charge in [-0.1, -0.05) is 12.1 Å². The normalized spacial score (nSPS) is 11.4. The predicted octanol–water partition coefficient (Wildman–Crippen LogP) is 1.53. The molecule has 1 aromatic rings. The summed E-state index contributed by atoms with van der Waals surface area (Å²) in [6.07, 6.45) is 1.07. The fourth-order valence-electron chi connectivity index (χ4n) is 1.43. The van der Waals surface area contributed by atoms with Crippen molar-refractivity contribution in [1.82, 2.24) is 0 Å². The molecule has 1 aromatic carbocycles. The summed E-state index contributed by atoms with van der Waals surface area (Å²) in [6.45, 7) is 0.855. The Hall–Kier alpha value is -1.11. The molecule has 0 spiro atoms. The van der Waals surface area contributed by atoms with Gasteiger partial charge in [0.25, 0.3) is 10.1 Å². The lowest BCUT2D eigenvalue weighted by Gasteiger charge is -2.05. The fraction of sp³-hybridized carbons (Fsp3) is 0.500. The van der Waals surface area contributed by atoms with Crippen LogP contribution in [0.2, 0.25) is 0 Å². The van der Waals surface area contributed by atoms with Gasteiger partial charge in [0.1, 0.15) is 5.75 Å². The molecule has 0 saturated heterocycles. The van der Waals surface area contributed by atoms with Gasteiger partial charge in [-0.25, -0.2) is 0 Å². The zero-order valence-electron chi connectivity index (χ0n) is 10.3. The molecule has 0 unspecified atom stereocenters. The van der Waals surface area contributed by atoms with E-state index in [2.05, 4.69) is 0 Å². The molecule has 0 heterocycles. The molecule has 1 rings (SSSR count). The summed E-state index contributed by atoms with van der Waals surface area (Å²) in [7, 11) is -2.25. The first-order valence-electron chi connectivity index (χ1n) is 5.67. The lowest BCUT2D eigenvalue weighted by atomic mass is 10.1. The molecular formula is C12H18O5S. The third-order valence-electron chi connectivity index (χ3n) is 2.39. The Labute approximate surface area is 107 Å². The Balaban J connectivity index is 2.14. The third kappa shape index (κ3) is 6.58. The quantitative estimate of drug-likeness (QED) is 0.575. The summed E-state index contributed by atoms with van der Waals surface area (Å²) >= 11 is 0. The number of benzene rings is 1. The van der Waals surface area contributed by atoms with Crippen molar-refractivity contribution >= 4 is 10.1 Å². The molecule has 0 bridgehead atoms. The second-order valence-electron chi connectivity index (χ2n) is 3.85. The van der Waals surface area contributed by atoms with Crippen LogP contribution in [0.4, 0.5) is 0 Å². The van der Waals surface area contributed by atoms with Crippen LogP contribution in [0.5, 0.6) is 5.75 Å². The first-order chi connectivity index (χ1) is 8.51. The standard InChI is InChI=1S/C12H18O5S/c1-16-12-5-3-11(4-6-12)7-9-17-8-2-10-18(13,14)15/h3-6H,2,7-10H2,1H3,(H,13,14,15). The molecule has 6 heteroatoms. The van der Waals surface area contributed by atoms with Crippen LogP contribution in [0.25, 0.3) is 0 Å². The lowest BCUT2D eigenvalue weighted by Crippen LogP contribution is -2.08. The first kappa shape index (κ1) is 14.9. The fourth-order valence-corrected chi connectivity index (χ4v) is 1.91. The van der Waals surface area contributed by atoms with Gasteiger partial charge in [0.05, 0.1) is 19.5 Å². The Morgan fingerprint density at radius 2 is 1.83 bits per heavy atom. The highest BCUT2D eigenvalue weighted by atomic mass is 32.2. The van der Waals surface area contributed by atoms with Gasteiger partial charge >= 0.3 is 0 Å². The number of hydrogen-bond acceptors (Lipinski definition) is 4. The van der Waals surface area contributed by atoms with Crippen molar-refractivity contribution in [3.8, 4) is 5.75 Å². The Morgan fingerprint density at radius 3 is 2.39 bits per heavy atom. The van der Waals surface area contributed by atoms with Gasteiger partial charge in [-0.3, -0.25) is 4.55 Å². The van der Waals surface area contributed by atoms with E-state index >= 15 is 0 Å². The van der Waals surface area contributed by atoms with Crippen molar-refractivity contribution in [2.75, 3.05) is 26.1 Å². The van der Waals surface area contributed by atoms with Gasteiger partial charge < -0.3 is 9.47 Å². The largest absolute Gasteiger partial charge is 0.497 e. The molecule has 102 valence electrons. The Morgan fingerprint density at radius 1 is 1.17 bits per heavy atom. The summed E-state index contributed by atoms with van der Waals surface area (Å²) in [6, 6.07) is 7.68. The third-order valence-corrected chi connectivity index (χ3v) is 3.19. The van der Waals surface area contributed by atoms with Crippen LogP contribution in [0.15, 0.2) is 24.3 Å². The maximum Gasteiger partial charge on any atom is 0.264 e. The van der Waals surface area contributed by atoms with Crippen LogP contribution in [0.1, 0.15) is 12.0 Å². The van der Waals surface area contributed by atoms with Crippen LogP contribution in [-0.2, 0) is 21.3 Å².